The number of benzene rings is 1. The van der Waals surface area contributed by atoms with Gasteiger partial charge in [0.1, 0.15) is 6.04 Å². The first kappa shape index (κ1) is 18.8. The monoisotopic (exact) mass is 399 g/mol. The fraction of sp³-hybridized carbons (Fsp3) is 0.316. The zero-order valence-electron chi connectivity index (χ0n) is 15.6. The minimum atomic E-state index is -0.672. The van der Waals surface area contributed by atoms with E-state index >= 15 is 0 Å². The van der Waals surface area contributed by atoms with Gasteiger partial charge in [-0.1, -0.05) is 12.1 Å². The van der Waals surface area contributed by atoms with Gasteiger partial charge in [-0.25, -0.2) is 4.98 Å². The van der Waals surface area contributed by atoms with Crippen LogP contribution in [0.1, 0.15) is 44.9 Å². The van der Waals surface area contributed by atoms with Crippen LogP contribution in [0.3, 0.4) is 0 Å². The Labute approximate surface area is 164 Å². The van der Waals surface area contributed by atoms with Gasteiger partial charge in [-0.15, -0.1) is 0 Å². The molecule has 1 atom stereocenters. The van der Waals surface area contributed by atoms with Crippen molar-refractivity contribution in [1.82, 2.24) is 25.1 Å². The van der Waals surface area contributed by atoms with Crippen LogP contribution in [-0.2, 0) is 29.7 Å². The highest BCUT2D eigenvalue weighted by atomic mass is 19.1. The Morgan fingerprint density at radius 2 is 2.14 bits per heavy atom. The summed E-state index contributed by atoms with van der Waals surface area (Å²) in [6, 6.07) is 4.49. The fourth-order valence-electron chi connectivity index (χ4n) is 3.60. The molecule has 3 heterocycles. The molecule has 2 aliphatic rings. The number of fused-ring (bicyclic) bond motifs is 1. The highest BCUT2D eigenvalue weighted by Crippen LogP contribution is 2.28. The molecule has 1 saturated heterocycles. The highest BCUT2D eigenvalue weighted by Gasteiger charge is 2.39. The summed E-state index contributed by atoms with van der Waals surface area (Å²) >= 11 is 0. The first-order valence-corrected chi connectivity index (χ1v) is 9.07. The van der Waals surface area contributed by atoms with Crippen molar-refractivity contribution in [2.24, 2.45) is 7.05 Å². The quantitative estimate of drug-likeness (QED) is 0.716. The molecule has 2 N–H and O–H groups in total. The standard InChI is InChI=1S/C19H18FN5O4/c1-24-14(20)8-21-16(24)18(28)22-7-10-2-3-12-11(6-10)9-25(19(12)29)13-4-5-15(26)23-17(13)27/h2-3,6,8,13H,4-5,7,9H2,1H3,(H,22,28)(H,23,26,27). The number of nitrogens with zero attached hydrogens (tertiary/aromatic N) is 3. The van der Waals surface area contributed by atoms with Gasteiger partial charge in [0.25, 0.3) is 11.8 Å². The summed E-state index contributed by atoms with van der Waals surface area (Å²) < 4.78 is 14.4. The SMILES string of the molecule is Cn1c(F)cnc1C(=O)NCc1ccc2c(c1)CN(C1CCC(=O)NC1=O)C2=O. The van der Waals surface area contributed by atoms with Gasteiger partial charge in [-0.05, 0) is 23.6 Å². The molecule has 4 rings (SSSR count). The van der Waals surface area contributed by atoms with Crippen LogP contribution in [-0.4, -0.2) is 44.1 Å². The van der Waals surface area contributed by atoms with E-state index in [1.165, 1.54) is 11.9 Å². The second-order valence-electron chi connectivity index (χ2n) is 7.04. The lowest BCUT2D eigenvalue weighted by Crippen LogP contribution is -2.52. The largest absolute Gasteiger partial charge is 0.345 e. The molecule has 150 valence electrons. The van der Waals surface area contributed by atoms with Gasteiger partial charge in [0.15, 0.2) is 0 Å². The lowest BCUT2D eigenvalue weighted by molar-refractivity contribution is -0.136. The predicted molar refractivity (Wildman–Crippen MR) is 96.8 cm³/mol. The van der Waals surface area contributed by atoms with E-state index in [4.69, 9.17) is 0 Å². The number of piperidine rings is 1. The van der Waals surface area contributed by atoms with Gasteiger partial charge in [-0.3, -0.25) is 29.1 Å². The van der Waals surface area contributed by atoms with E-state index in [9.17, 15) is 23.6 Å². The van der Waals surface area contributed by atoms with Crippen molar-refractivity contribution in [3.63, 3.8) is 0 Å². The molecule has 4 amide bonds. The van der Waals surface area contributed by atoms with Gasteiger partial charge < -0.3 is 10.2 Å². The van der Waals surface area contributed by atoms with Crippen LogP contribution in [0, 0.1) is 5.95 Å². The number of rotatable bonds is 4. The maximum atomic E-state index is 13.3. The number of aromatic nitrogens is 2. The Morgan fingerprint density at radius 3 is 2.83 bits per heavy atom. The third-order valence-corrected chi connectivity index (χ3v) is 5.18. The summed E-state index contributed by atoms with van der Waals surface area (Å²) in [5, 5.41) is 4.93. The highest BCUT2D eigenvalue weighted by molar-refractivity contribution is 6.05. The van der Waals surface area contributed by atoms with E-state index in [2.05, 4.69) is 15.6 Å². The molecule has 1 aromatic heterocycles. The molecule has 0 radical (unpaired) electrons. The van der Waals surface area contributed by atoms with Gasteiger partial charge in [0.2, 0.25) is 23.6 Å². The average molecular weight is 399 g/mol. The summed E-state index contributed by atoms with van der Waals surface area (Å²) in [4.78, 5) is 53.5. The van der Waals surface area contributed by atoms with Gasteiger partial charge in [-0.2, -0.15) is 4.39 Å². The lowest BCUT2D eigenvalue weighted by atomic mass is 10.0. The van der Waals surface area contributed by atoms with Gasteiger partial charge in [0.05, 0.1) is 6.20 Å². The summed E-state index contributed by atoms with van der Waals surface area (Å²) in [5.41, 5.74) is 2.00. The van der Waals surface area contributed by atoms with Crippen molar-refractivity contribution in [2.75, 3.05) is 0 Å². The van der Waals surface area contributed by atoms with E-state index in [0.29, 0.717) is 12.0 Å². The smallest absolute Gasteiger partial charge is 0.287 e. The van der Waals surface area contributed by atoms with Gasteiger partial charge >= 0.3 is 0 Å². The van der Waals surface area contributed by atoms with Gasteiger partial charge in [0, 0.05) is 32.1 Å². The third kappa shape index (κ3) is 3.37. The minimum absolute atomic E-state index is 0.0390. The number of nitrogens with one attached hydrogen (secondary N) is 2. The minimum Gasteiger partial charge on any atom is -0.345 e. The Bertz CT molecular complexity index is 1050. The molecule has 10 heteroatoms. The molecule has 29 heavy (non-hydrogen) atoms. The molecule has 0 bridgehead atoms. The van der Waals surface area contributed by atoms with E-state index in [1.807, 2.05) is 0 Å². The van der Waals surface area contributed by atoms with Crippen LogP contribution in [0.15, 0.2) is 24.4 Å². The van der Waals surface area contributed by atoms with Crippen molar-refractivity contribution < 1.29 is 23.6 Å². The number of hydrogen-bond donors (Lipinski definition) is 2. The van der Waals surface area contributed by atoms with Crippen LogP contribution >= 0.6 is 0 Å². The number of imidazole rings is 1. The molecular weight excluding hydrogens is 381 g/mol. The van der Waals surface area contributed by atoms with E-state index in [1.54, 1.807) is 18.2 Å². The summed E-state index contributed by atoms with van der Waals surface area (Å²) in [6.07, 6.45) is 1.47. The summed E-state index contributed by atoms with van der Waals surface area (Å²) in [7, 11) is 1.40. The van der Waals surface area contributed by atoms with Crippen molar-refractivity contribution in [2.45, 2.75) is 32.0 Å². The van der Waals surface area contributed by atoms with E-state index < -0.39 is 23.8 Å². The second kappa shape index (κ2) is 7.12. The molecule has 2 aromatic rings. The van der Waals surface area contributed by atoms with Crippen LogP contribution in [0.25, 0.3) is 0 Å². The van der Waals surface area contributed by atoms with Crippen molar-refractivity contribution in [3.05, 3.63) is 52.9 Å². The topological polar surface area (TPSA) is 113 Å². The predicted octanol–water partition coefficient (Wildman–Crippen LogP) is 0.250. The first-order valence-electron chi connectivity index (χ1n) is 9.07. The number of carbonyl (C=O) groups is 4. The Kier molecular flexibility index (Phi) is 4.61. The Hall–Kier alpha value is -3.56. The summed E-state index contributed by atoms with van der Waals surface area (Å²) in [6.45, 7) is 0.431. The normalized spacial score (nSPS) is 18.6. The maximum absolute atomic E-state index is 13.3. The van der Waals surface area contributed by atoms with Crippen LogP contribution in [0.4, 0.5) is 4.39 Å². The van der Waals surface area contributed by atoms with Crippen LogP contribution in [0.2, 0.25) is 0 Å². The van der Waals surface area contributed by atoms with E-state index in [0.717, 1.165) is 21.9 Å². The first-order chi connectivity index (χ1) is 13.8. The fourth-order valence-corrected chi connectivity index (χ4v) is 3.60. The third-order valence-electron chi connectivity index (χ3n) is 5.18. The van der Waals surface area contributed by atoms with Crippen LogP contribution < -0.4 is 10.6 Å². The van der Waals surface area contributed by atoms with Crippen LogP contribution in [0.5, 0.6) is 0 Å². The number of hydrogen-bond acceptors (Lipinski definition) is 5. The molecular formula is C19H18FN5O4. The number of amides is 4. The van der Waals surface area contributed by atoms with Crippen molar-refractivity contribution in [3.8, 4) is 0 Å². The number of imide groups is 1. The molecule has 0 saturated carbocycles. The molecule has 0 spiro atoms. The lowest BCUT2D eigenvalue weighted by Gasteiger charge is -2.29. The molecule has 9 nitrogen and oxygen atoms in total. The van der Waals surface area contributed by atoms with Crippen molar-refractivity contribution in [1.29, 1.82) is 0 Å². The Balaban J connectivity index is 1.45. The molecule has 0 aliphatic carbocycles. The average Bonchev–Trinajstić information content (AvgIpc) is 3.19. The molecule has 1 fully saturated rings. The van der Waals surface area contributed by atoms with Crippen molar-refractivity contribution >= 4 is 23.6 Å². The molecule has 1 unspecified atom stereocenters. The molecule has 1 aromatic carbocycles. The Morgan fingerprint density at radius 1 is 1.34 bits per heavy atom. The number of carbonyl (C=O) groups excluding carboxylic acids is 4. The molecule has 2 aliphatic heterocycles. The number of halogens is 1. The summed E-state index contributed by atoms with van der Waals surface area (Å²) in [5.74, 6) is -2.22. The zero-order valence-corrected chi connectivity index (χ0v) is 15.6. The van der Waals surface area contributed by atoms with E-state index in [-0.39, 0.29) is 37.1 Å². The maximum Gasteiger partial charge on any atom is 0.287 e. The second-order valence-corrected chi connectivity index (χ2v) is 7.04. The zero-order chi connectivity index (χ0) is 20.7.